The van der Waals surface area contributed by atoms with Crippen molar-refractivity contribution in [1.82, 2.24) is 0 Å². The Hall–Kier alpha value is -2.62. The molecule has 0 amide bonds. The molecular weight excluding hydrogens is 256 g/mol. The number of hydrogen-bond donors (Lipinski definition) is 1. The molecule has 0 saturated carbocycles. The molecule has 0 atom stereocenters. The lowest BCUT2D eigenvalue weighted by Gasteiger charge is -2.07. The van der Waals surface area contributed by atoms with Gasteiger partial charge in [-0.1, -0.05) is 30.3 Å². The molecule has 20 heavy (non-hydrogen) atoms. The van der Waals surface area contributed by atoms with E-state index < -0.39 is 0 Å². The van der Waals surface area contributed by atoms with Crippen LogP contribution in [-0.4, -0.2) is 23.3 Å². The van der Waals surface area contributed by atoms with Gasteiger partial charge in [0, 0.05) is 11.6 Å². The van der Waals surface area contributed by atoms with Crippen LogP contribution in [0.4, 0.5) is 0 Å². The Balaban J connectivity index is 2.22. The summed E-state index contributed by atoms with van der Waals surface area (Å²) in [6, 6.07) is 13.1. The molecule has 0 bridgehead atoms. The standard InChI is InChI=1S/C16H14O4/c1-11(17)10-20-13-7-8-14(15(18)9-13)16(19)12-5-3-2-4-6-12/h2-9,18H,10H2,1H3. The molecule has 0 aliphatic carbocycles. The van der Waals surface area contributed by atoms with E-state index in [0.29, 0.717) is 11.3 Å². The second kappa shape index (κ2) is 6.02. The highest BCUT2D eigenvalue weighted by Gasteiger charge is 2.14. The zero-order valence-electron chi connectivity index (χ0n) is 11.0. The number of carbonyl (C=O) groups excluding carboxylic acids is 2. The summed E-state index contributed by atoms with van der Waals surface area (Å²) in [7, 11) is 0. The first-order chi connectivity index (χ1) is 9.58. The van der Waals surface area contributed by atoms with Crippen LogP contribution in [-0.2, 0) is 4.79 Å². The van der Waals surface area contributed by atoms with Crippen LogP contribution in [0.3, 0.4) is 0 Å². The number of carbonyl (C=O) groups is 2. The van der Waals surface area contributed by atoms with Crippen molar-refractivity contribution in [2.24, 2.45) is 0 Å². The van der Waals surface area contributed by atoms with Gasteiger partial charge in [-0.15, -0.1) is 0 Å². The van der Waals surface area contributed by atoms with E-state index in [1.807, 2.05) is 6.07 Å². The summed E-state index contributed by atoms with van der Waals surface area (Å²) in [5.41, 5.74) is 0.701. The maximum Gasteiger partial charge on any atom is 0.196 e. The number of phenolic OH excluding ortho intramolecular Hbond substituents is 1. The average Bonchev–Trinajstić information content (AvgIpc) is 2.45. The van der Waals surface area contributed by atoms with Crippen LogP contribution in [0.1, 0.15) is 22.8 Å². The highest BCUT2D eigenvalue weighted by atomic mass is 16.5. The minimum Gasteiger partial charge on any atom is -0.507 e. The third kappa shape index (κ3) is 3.23. The van der Waals surface area contributed by atoms with Crippen molar-refractivity contribution in [3.8, 4) is 11.5 Å². The van der Waals surface area contributed by atoms with Crippen molar-refractivity contribution in [3.63, 3.8) is 0 Å². The largest absolute Gasteiger partial charge is 0.507 e. The fraction of sp³-hybridized carbons (Fsp3) is 0.125. The number of Topliss-reactive ketones (excluding diaryl/α,β-unsaturated/α-hetero) is 1. The summed E-state index contributed by atoms with van der Waals surface area (Å²) in [5.74, 6) is -0.197. The van der Waals surface area contributed by atoms with E-state index in [-0.39, 0.29) is 29.5 Å². The van der Waals surface area contributed by atoms with Crippen molar-refractivity contribution < 1.29 is 19.4 Å². The summed E-state index contributed by atoms with van der Waals surface area (Å²) < 4.78 is 5.17. The molecule has 4 heteroatoms. The lowest BCUT2D eigenvalue weighted by atomic mass is 10.0. The molecule has 2 rings (SSSR count). The lowest BCUT2D eigenvalue weighted by Crippen LogP contribution is -2.07. The molecule has 0 unspecified atom stereocenters. The van der Waals surface area contributed by atoms with Gasteiger partial charge >= 0.3 is 0 Å². The fourth-order valence-corrected chi connectivity index (χ4v) is 1.72. The number of hydrogen-bond acceptors (Lipinski definition) is 4. The van der Waals surface area contributed by atoms with Gasteiger partial charge in [0.25, 0.3) is 0 Å². The Morgan fingerprint density at radius 3 is 2.40 bits per heavy atom. The van der Waals surface area contributed by atoms with Gasteiger partial charge in [-0.3, -0.25) is 9.59 Å². The van der Waals surface area contributed by atoms with Crippen LogP contribution >= 0.6 is 0 Å². The molecule has 0 fully saturated rings. The second-order valence-corrected chi connectivity index (χ2v) is 4.36. The molecule has 0 spiro atoms. The molecule has 0 saturated heterocycles. The van der Waals surface area contributed by atoms with Crippen LogP contribution < -0.4 is 4.74 Å². The molecule has 0 aliphatic heterocycles. The molecule has 1 N–H and O–H groups in total. The Morgan fingerprint density at radius 1 is 1.10 bits per heavy atom. The third-order valence-electron chi connectivity index (χ3n) is 2.69. The third-order valence-corrected chi connectivity index (χ3v) is 2.69. The van der Waals surface area contributed by atoms with Crippen molar-refractivity contribution in [1.29, 1.82) is 0 Å². The lowest BCUT2D eigenvalue weighted by molar-refractivity contribution is -0.118. The molecule has 2 aromatic carbocycles. The Labute approximate surface area is 116 Å². The van der Waals surface area contributed by atoms with Gasteiger partial charge in [0.15, 0.2) is 11.6 Å². The van der Waals surface area contributed by atoms with Crippen LogP contribution in [0, 0.1) is 0 Å². The summed E-state index contributed by atoms with van der Waals surface area (Å²) in [6.07, 6.45) is 0. The number of ether oxygens (including phenoxy) is 1. The zero-order valence-corrected chi connectivity index (χ0v) is 11.0. The zero-order chi connectivity index (χ0) is 14.5. The first kappa shape index (κ1) is 13.8. The smallest absolute Gasteiger partial charge is 0.196 e. The van der Waals surface area contributed by atoms with Crippen molar-refractivity contribution >= 4 is 11.6 Å². The predicted molar refractivity (Wildman–Crippen MR) is 74.2 cm³/mol. The topological polar surface area (TPSA) is 63.6 Å². The number of rotatable bonds is 5. The molecule has 4 nitrogen and oxygen atoms in total. The number of ketones is 2. The van der Waals surface area contributed by atoms with Gasteiger partial charge < -0.3 is 9.84 Å². The van der Waals surface area contributed by atoms with E-state index in [2.05, 4.69) is 0 Å². The monoisotopic (exact) mass is 270 g/mol. The van der Waals surface area contributed by atoms with Gasteiger partial charge in [-0.2, -0.15) is 0 Å². The minimum atomic E-state index is -0.263. The molecule has 102 valence electrons. The summed E-state index contributed by atoms with van der Waals surface area (Å²) in [5, 5.41) is 9.90. The minimum absolute atomic E-state index is 0.0641. The van der Waals surface area contributed by atoms with Crippen molar-refractivity contribution in [2.45, 2.75) is 6.92 Å². The van der Waals surface area contributed by atoms with E-state index in [1.165, 1.54) is 19.1 Å². The SMILES string of the molecule is CC(=O)COc1ccc(C(=O)c2ccccc2)c(O)c1. The number of aromatic hydroxyl groups is 1. The first-order valence-corrected chi connectivity index (χ1v) is 6.13. The fourth-order valence-electron chi connectivity index (χ4n) is 1.72. The van der Waals surface area contributed by atoms with E-state index in [4.69, 9.17) is 4.74 Å². The van der Waals surface area contributed by atoms with Crippen LogP contribution in [0.25, 0.3) is 0 Å². The van der Waals surface area contributed by atoms with E-state index in [1.54, 1.807) is 30.3 Å². The van der Waals surface area contributed by atoms with Crippen molar-refractivity contribution in [2.75, 3.05) is 6.61 Å². The average molecular weight is 270 g/mol. The maximum atomic E-state index is 12.2. The van der Waals surface area contributed by atoms with E-state index in [9.17, 15) is 14.7 Å². The highest BCUT2D eigenvalue weighted by Crippen LogP contribution is 2.25. The summed E-state index contributed by atoms with van der Waals surface area (Å²) in [6.45, 7) is 1.35. The van der Waals surface area contributed by atoms with Crippen molar-refractivity contribution in [3.05, 3.63) is 59.7 Å². The molecular formula is C16H14O4. The highest BCUT2D eigenvalue weighted by molar-refractivity contribution is 6.10. The quantitative estimate of drug-likeness (QED) is 0.848. The summed E-state index contributed by atoms with van der Waals surface area (Å²) >= 11 is 0. The number of benzene rings is 2. The molecule has 0 heterocycles. The van der Waals surface area contributed by atoms with E-state index >= 15 is 0 Å². The first-order valence-electron chi connectivity index (χ1n) is 6.13. The Kier molecular flexibility index (Phi) is 4.15. The normalized spacial score (nSPS) is 10.1. The second-order valence-electron chi connectivity index (χ2n) is 4.36. The van der Waals surface area contributed by atoms with E-state index in [0.717, 1.165) is 0 Å². The van der Waals surface area contributed by atoms with Gasteiger partial charge in [-0.05, 0) is 19.1 Å². The molecule has 0 aliphatic rings. The Bertz CT molecular complexity index is 632. The van der Waals surface area contributed by atoms with Crippen LogP contribution in [0.5, 0.6) is 11.5 Å². The van der Waals surface area contributed by atoms with Gasteiger partial charge in [0.2, 0.25) is 0 Å². The van der Waals surface area contributed by atoms with Gasteiger partial charge in [0.05, 0.1) is 5.56 Å². The summed E-state index contributed by atoms with van der Waals surface area (Å²) in [4.78, 5) is 23.0. The molecule has 0 radical (unpaired) electrons. The van der Waals surface area contributed by atoms with Gasteiger partial charge in [-0.25, -0.2) is 0 Å². The van der Waals surface area contributed by atoms with Crippen LogP contribution in [0.2, 0.25) is 0 Å². The number of phenols is 1. The molecule has 2 aromatic rings. The maximum absolute atomic E-state index is 12.2. The van der Waals surface area contributed by atoms with Gasteiger partial charge in [0.1, 0.15) is 18.1 Å². The molecule has 0 aromatic heterocycles. The Morgan fingerprint density at radius 2 is 1.80 bits per heavy atom. The van der Waals surface area contributed by atoms with Crippen LogP contribution in [0.15, 0.2) is 48.5 Å². The predicted octanol–water partition coefficient (Wildman–Crippen LogP) is 2.59.